The Morgan fingerprint density at radius 2 is 1.75 bits per heavy atom. The smallest absolute Gasteiger partial charge is 0.272 e. The number of rotatable bonds is 8. The maximum atomic E-state index is 12.8. The number of nitrogens with zero attached hydrogens (tertiary/aromatic N) is 2. The van der Waals surface area contributed by atoms with Crippen LogP contribution in [0.4, 0.5) is 5.69 Å². The van der Waals surface area contributed by atoms with Crippen molar-refractivity contribution in [1.29, 1.82) is 0 Å². The van der Waals surface area contributed by atoms with Gasteiger partial charge in [-0.2, -0.15) is 0 Å². The lowest BCUT2D eigenvalue weighted by molar-refractivity contribution is 0.0746. The minimum Gasteiger partial charge on any atom is -0.383 e. The van der Waals surface area contributed by atoms with Crippen LogP contribution in [0, 0.1) is 0 Å². The first-order valence-electron chi connectivity index (χ1n) is 9.43. The van der Waals surface area contributed by atoms with Gasteiger partial charge in [-0.05, 0) is 48.7 Å². The topological polar surface area (TPSA) is 45.2 Å². The number of hydrogen-bond acceptors (Lipinski definition) is 3. The van der Waals surface area contributed by atoms with E-state index in [-0.39, 0.29) is 5.91 Å². The van der Waals surface area contributed by atoms with Gasteiger partial charge in [-0.25, -0.2) is 4.98 Å². The van der Waals surface area contributed by atoms with E-state index in [1.807, 2.05) is 67.6 Å². The molecule has 0 radical (unpaired) electrons. The molecule has 0 aliphatic heterocycles. The van der Waals surface area contributed by atoms with Gasteiger partial charge in [0.1, 0.15) is 5.69 Å². The Labute approximate surface area is 171 Å². The molecule has 5 heteroatoms. The highest BCUT2D eigenvalue weighted by Gasteiger charge is 2.15. The summed E-state index contributed by atoms with van der Waals surface area (Å²) < 4.78 is 0. The van der Waals surface area contributed by atoms with Crippen molar-refractivity contribution in [3.05, 3.63) is 94.8 Å². The van der Waals surface area contributed by atoms with Crippen molar-refractivity contribution in [3.8, 4) is 0 Å². The average molecular weight is 394 g/mol. The van der Waals surface area contributed by atoms with Gasteiger partial charge < -0.3 is 10.2 Å². The van der Waals surface area contributed by atoms with Crippen molar-refractivity contribution in [2.24, 2.45) is 0 Å². The van der Waals surface area contributed by atoms with E-state index >= 15 is 0 Å². The number of benzene rings is 2. The van der Waals surface area contributed by atoms with Crippen molar-refractivity contribution >= 4 is 23.2 Å². The first-order valence-corrected chi connectivity index (χ1v) is 9.81. The first kappa shape index (κ1) is 19.9. The molecule has 3 aromatic rings. The molecular weight excluding hydrogens is 370 g/mol. The molecule has 0 aliphatic rings. The van der Waals surface area contributed by atoms with Crippen LogP contribution in [0.15, 0.2) is 72.9 Å². The summed E-state index contributed by atoms with van der Waals surface area (Å²) in [7, 11) is 0. The third-order valence-corrected chi connectivity index (χ3v) is 4.78. The Kier molecular flexibility index (Phi) is 7.04. The van der Waals surface area contributed by atoms with E-state index in [4.69, 9.17) is 11.6 Å². The van der Waals surface area contributed by atoms with E-state index < -0.39 is 0 Å². The van der Waals surface area contributed by atoms with Crippen LogP contribution in [0.3, 0.4) is 0 Å². The normalized spacial score (nSPS) is 10.5. The second-order valence-electron chi connectivity index (χ2n) is 6.54. The minimum atomic E-state index is -0.0564. The lowest BCUT2D eigenvalue weighted by Crippen LogP contribution is -2.30. The maximum absolute atomic E-state index is 12.8. The van der Waals surface area contributed by atoms with Gasteiger partial charge in [0.25, 0.3) is 5.91 Å². The number of carbonyl (C=O) groups is 1. The first-order chi connectivity index (χ1) is 13.7. The number of amides is 1. The van der Waals surface area contributed by atoms with E-state index in [0.717, 1.165) is 29.2 Å². The van der Waals surface area contributed by atoms with Gasteiger partial charge in [-0.1, -0.05) is 54.1 Å². The number of nitrogens with one attached hydrogen (secondary N) is 1. The van der Waals surface area contributed by atoms with E-state index in [1.165, 1.54) is 5.56 Å². The standard InChI is InChI=1S/C23H24ClN3O/c1-2-27(17-19-6-4-3-5-7-19)23(28)22-13-12-21(16-26-22)25-15-14-18-8-10-20(24)11-9-18/h3-13,16,25H,2,14-15,17H2,1H3. The lowest BCUT2D eigenvalue weighted by Gasteiger charge is -2.20. The predicted octanol–water partition coefficient (Wildman–Crippen LogP) is 5.05. The van der Waals surface area contributed by atoms with E-state index in [2.05, 4.69) is 10.3 Å². The van der Waals surface area contributed by atoms with Gasteiger partial charge in [-0.15, -0.1) is 0 Å². The monoisotopic (exact) mass is 393 g/mol. The molecule has 0 bridgehead atoms. The molecule has 0 fully saturated rings. The van der Waals surface area contributed by atoms with Crippen molar-refractivity contribution in [1.82, 2.24) is 9.88 Å². The summed E-state index contributed by atoms with van der Waals surface area (Å²) in [6, 6.07) is 21.5. The van der Waals surface area contributed by atoms with Gasteiger partial charge in [0, 0.05) is 24.7 Å². The molecule has 144 valence electrons. The Hall–Kier alpha value is -2.85. The average Bonchev–Trinajstić information content (AvgIpc) is 2.74. The van der Waals surface area contributed by atoms with Gasteiger partial charge >= 0.3 is 0 Å². The van der Waals surface area contributed by atoms with E-state index in [0.29, 0.717) is 18.8 Å². The molecule has 0 unspecified atom stereocenters. The maximum Gasteiger partial charge on any atom is 0.272 e. The highest BCUT2D eigenvalue weighted by Crippen LogP contribution is 2.13. The molecule has 0 atom stereocenters. The Bertz CT molecular complexity index is 880. The van der Waals surface area contributed by atoms with Crippen LogP contribution in [0.1, 0.15) is 28.5 Å². The van der Waals surface area contributed by atoms with E-state index in [9.17, 15) is 4.79 Å². The highest BCUT2D eigenvalue weighted by molar-refractivity contribution is 6.30. The van der Waals surface area contributed by atoms with Gasteiger partial charge in [-0.3, -0.25) is 4.79 Å². The van der Waals surface area contributed by atoms with Crippen LogP contribution in [0.25, 0.3) is 0 Å². The molecule has 1 N–H and O–H groups in total. The fourth-order valence-corrected chi connectivity index (χ4v) is 3.05. The van der Waals surface area contributed by atoms with Gasteiger partial charge in [0.05, 0.1) is 11.9 Å². The third kappa shape index (κ3) is 5.57. The molecule has 0 spiro atoms. The summed E-state index contributed by atoms with van der Waals surface area (Å²) in [5.74, 6) is -0.0564. The van der Waals surface area contributed by atoms with Crippen molar-refractivity contribution in [2.75, 3.05) is 18.4 Å². The van der Waals surface area contributed by atoms with Crippen molar-refractivity contribution in [2.45, 2.75) is 19.9 Å². The Morgan fingerprint density at radius 3 is 2.39 bits per heavy atom. The second kappa shape index (κ2) is 9.90. The number of pyridine rings is 1. The largest absolute Gasteiger partial charge is 0.383 e. The van der Waals surface area contributed by atoms with Crippen molar-refractivity contribution in [3.63, 3.8) is 0 Å². The van der Waals surface area contributed by atoms with Crippen LogP contribution in [-0.2, 0) is 13.0 Å². The summed E-state index contributed by atoms with van der Waals surface area (Å²) in [6.45, 7) is 3.98. The second-order valence-corrected chi connectivity index (χ2v) is 6.98. The van der Waals surface area contributed by atoms with Gasteiger partial charge in [0.2, 0.25) is 0 Å². The summed E-state index contributed by atoms with van der Waals surface area (Å²) in [4.78, 5) is 18.9. The molecule has 0 saturated carbocycles. The number of halogens is 1. The van der Waals surface area contributed by atoms with E-state index in [1.54, 1.807) is 17.2 Å². The zero-order valence-electron chi connectivity index (χ0n) is 15.9. The predicted molar refractivity (Wildman–Crippen MR) is 115 cm³/mol. The fraction of sp³-hybridized carbons (Fsp3) is 0.217. The van der Waals surface area contributed by atoms with Crippen molar-refractivity contribution < 1.29 is 4.79 Å². The van der Waals surface area contributed by atoms with Gasteiger partial charge in [0.15, 0.2) is 0 Å². The SMILES string of the molecule is CCN(Cc1ccccc1)C(=O)c1ccc(NCCc2ccc(Cl)cc2)cn1. The molecule has 28 heavy (non-hydrogen) atoms. The Morgan fingerprint density at radius 1 is 1.00 bits per heavy atom. The molecule has 3 rings (SSSR count). The summed E-state index contributed by atoms with van der Waals surface area (Å²) >= 11 is 5.91. The third-order valence-electron chi connectivity index (χ3n) is 4.52. The molecule has 0 aliphatic carbocycles. The zero-order chi connectivity index (χ0) is 19.8. The molecule has 1 heterocycles. The van der Waals surface area contributed by atoms with Crippen LogP contribution in [0.5, 0.6) is 0 Å². The van der Waals surface area contributed by atoms with Crippen LogP contribution in [0.2, 0.25) is 5.02 Å². The number of anilines is 1. The van der Waals surface area contributed by atoms with Crippen LogP contribution in [-0.4, -0.2) is 28.9 Å². The fourth-order valence-electron chi connectivity index (χ4n) is 2.92. The highest BCUT2D eigenvalue weighted by atomic mass is 35.5. The molecular formula is C23H24ClN3O. The number of aromatic nitrogens is 1. The summed E-state index contributed by atoms with van der Waals surface area (Å²) in [6.07, 6.45) is 2.60. The molecule has 1 aromatic heterocycles. The minimum absolute atomic E-state index is 0.0564. The zero-order valence-corrected chi connectivity index (χ0v) is 16.7. The molecule has 2 aromatic carbocycles. The molecule has 4 nitrogen and oxygen atoms in total. The Balaban J connectivity index is 1.55. The lowest BCUT2D eigenvalue weighted by atomic mass is 10.1. The summed E-state index contributed by atoms with van der Waals surface area (Å²) in [5.41, 5.74) is 3.69. The quantitative estimate of drug-likeness (QED) is 0.582. The number of carbonyl (C=O) groups excluding carboxylic acids is 1. The van der Waals surface area contributed by atoms with Crippen LogP contribution >= 0.6 is 11.6 Å². The molecule has 0 saturated heterocycles. The number of hydrogen-bond donors (Lipinski definition) is 1. The van der Waals surface area contributed by atoms with Crippen LogP contribution < -0.4 is 5.32 Å². The molecule has 1 amide bonds. The summed E-state index contributed by atoms with van der Waals surface area (Å²) in [5, 5.41) is 4.08.